The minimum absolute atomic E-state index is 0. The molecule has 0 saturated carbocycles. The fourth-order valence-corrected chi connectivity index (χ4v) is 6.65. The van der Waals surface area contributed by atoms with Crippen molar-refractivity contribution in [1.29, 1.82) is 0 Å². The maximum absolute atomic E-state index is 12.9. The molecule has 398 valence electrons. The molecule has 0 spiro atoms. The molecule has 0 bridgehead atoms. The molecule has 7 rings (SSSR count). The van der Waals surface area contributed by atoms with Crippen molar-refractivity contribution in [2.24, 2.45) is 0 Å². The summed E-state index contributed by atoms with van der Waals surface area (Å²) in [6, 6.07) is 46.0. The van der Waals surface area contributed by atoms with Crippen molar-refractivity contribution in [2.75, 3.05) is 0 Å². The Balaban J connectivity index is 0.000000827. The molecule has 0 amide bonds. The van der Waals surface area contributed by atoms with Crippen LogP contribution in [-0.4, -0.2) is 0 Å². The Hall–Kier alpha value is -5.95. The minimum Gasteiger partial charge on any atom is -0.207 e. The summed E-state index contributed by atoms with van der Waals surface area (Å²) in [7, 11) is 0. The zero-order valence-corrected chi connectivity index (χ0v) is 45.7. The lowest BCUT2D eigenvalue weighted by molar-refractivity contribution is 0.494. The van der Waals surface area contributed by atoms with Gasteiger partial charge in [0.05, 0.1) is 0 Å². The van der Waals surface area contributed by atoms with Crippen molar-refractivity contribution in [3.63, 3.8) is 0 Å². The topological polar surface area (TPSA) is 0 Å². The first-order chi connectivity index (χ1) is 33.7. The Kier molecular flexibility index (Phi) is 32.4. The van der Waals surface area contributed by atoms with Crippen LogP contribution in [0.1, 0.15) is 196 Å². The van der Waals surface area contributed by atoms with E-state index in [1.807, 2.05) is 45.0 Å². The average molecular weight is 1010 g/mol. The van der Waals surface area contributed by atoms with E-state index in [9.17, 15) is 30.7 Å². The Morgan fingerprint density at radius 1 is 0.274 bits per heavy atom. The van der Waals surface area contributed by atoms with Gasteiger partial charge in [0.1, 0.15) is 29.1 Å². The minimum atomic E-state index is -0.767. The smallest absolute Gasteiger partial charge is 0.162 e. The van der Waals surface area contributed by atoms with Gasteiger partial charge in [0.15, 0.2) is 11.6 Å². The second kappa shape index (κ2) is 35.2. The molecule has 7 aromatic rings. The summed E-state index contributed by atoms with van der Waals surface area (Å²) in [6.45, 7) is 32.4. The van der Waals surface area contributed by atoms with E-state index in [1.165, 1.54) is 53.1 Å². The molecule has 0 unspecified atom stereocenters. The Morgan fingerprint density at radius 2 is 0.644 bits per heavy atom. The van der Waals surface area contributed by atoms with Crippen LogP contribution in [0.4, 0.5) is 30.7 Å². The van der Waals surface area contributed by atoms with Crippen LogP contribution in [-0.2, 0) is 0 Å². The van der Waals surface area contributed by atoms with Gasteiger partial charge in [-0.1, -0.05) is 213 Å². The number of benzene rings is 7. The van der Waals surface area contributed by atoms with E-state index in [-0.39, 0.29) is 42.3 Å². The highest BCUT2D eigenvalue weighted by Gasteiger charge is 2.11. The van der Waals surface area contributed by atoms with E-state index >= 15 is 0 Å². The molecule has 7 aromatic carbocycles. The van der Waals surface area contributed by atoms with Crippen LogP contribution in [0.15, 0.2) is 158 Å². The quantitative estimate of drug-likeness (QED) is 0.140. The predicted molar refractivity (Wildman–Crippen MR) is 300 cm³/mol. The third-order valence-electron chi connectivity index (χ3n) is 11.2. The van der Waals surface area contributed by atoms with Crippen LogP contribution in [0.3, 0.4) is 0 Å². The van der Waals surface area contributed by atoms with Gasteiger partial charge in [-0.3, -0.25) is 0 Å². The summed E-state index contributed by atoms with van der Waals surface area (Å²) >= 11 is 0. The summed E-state index contributed by atoms with van der Waals surface area (Å²) in [4.78, 5) is 0. The van der Waals surface area contributed by atoms with E-state index in [2.05, 4.69) is 125 Å². The van der Waals surface area contributed by atoms with Gasteiger partial charge in [0.25, 0.3) is 0 Å². The standard InChI is InChI=1S/C10H13F.C10H14.2C9H10F2.2C9H11F.C9H12.CH4/c1-7(2)9-4-8(3)5-10(11)6-9;1-8(2)10-6-4-9(3)5-7-10;1-6(2)9-7(10)4-3-5-8(9)11;1-6(2)7-4-3-5-8(10)9(7)11;2*1-7(2)8-4-3-5-9(10)6-8;1-8(2)9-6-4-3-5-7-9;/h4-7H,1-3H3;4-8H,1-3H3;2*3-6H,1-2H3;2*3-7H,1-2H3;3-8H,1-2H3;1H4. The Labute approximate surface area is 437 Å². The second-order valence-corrected chi connectivity index (χ2v) is 19.9. The molecule has 0 radical (unpaired) electrons. The van der Waals surface area contributed by atoms with Gasteiger partial charge in [0, 0.05) is 5.56 Å². The lowest BCUT2D eigenvalue weighted by Crippen LogP contribution is -1.96. The third-order valence-corrected chi connectivity index (χ3v) is 11.2. The van der Waals surface area contributed by atoms with Crippen LogP contribution in [0.25, 0.3) is 0 Å². The van der Waals surface area contributed by atoms with E-state index in [4.69, 9.17) is 0 Å². The number of rotatable bonds is 7. The van der Waals surface area contributed by atoms with Crippen molar-refractivity contribution in [1.82, 2.24) is 0 Å². The summed E-state index contributed by atoms with van der Waals surface area (Å²) in [5.41, 5.74) is 8.96. The fraction of sp³-hybridized carbons (Fsp3) is 0.364. The number of hydrogen-bond donors (Lipinski definition) is 0. The summed E-state index contributed by atoms with van der Waals surface area (Å²) < 4.78 is 89.0. The summed E-state index contributed by atoms with van der Waals surface area (Å²) in [5.74, 6) is -0.352. The normalized spacial score (nSPS) is 10.3. The highest BCUT2D eigenvalue weighted by atomic mass is 19.2. The van der Waals surface area contributed by atoms with Gasteiger partial charge in [-0.25, -0.2) is 30.7 Å². The second-order valence-electron chi connectivity index (χ2n) is 19.9. The largest absolute Gasteiger partial charge is 0.207 e. The first-order valence-corrected chi connectivity index (χ1v) is 25.0. The van der Waals surface area contributed by atoms with E-state index in [0.29, 0.717) is 35.2 Å². The molecule has 0 saturated heterocycles. The molecule has 0 heterocycles. The lowest BCUT2D eigenvalue weighted by atomic mass is 10.0. The van der Waals surface area contributed by atoms with Gasteiger partial charge in [-0.05, 0) is 149 Å². The summed E-state index contributed by atoms with van der Waals surface area (Å²) in [6.07, 6.45) is 0. The number of hydrogen-bond acceptors (Lipinski definition) is 0. The number of halogens is 7. The van der Waals surface area contributed by atoms with Crippen molar-refractivity contribution in [3.8, 4) is 0 Å². The van der Waals surface area contributed by atoms with Crippen molar-refractivity contribution < 1.29 is 30.7 Å². The van der Waals surface area contributed by atoms with Gasteiger partial charge in [-0.2, -0.15) is 0 Å². The molecule has 0 fully saturated rings. The van der Waals surface area contributed by atoms with Crippen LogP contribution < -0.4 is 0 Å². The third kappa shape index (κ3) is 27.1. The molecule has 0 nitrogen and oxygen atoms in total. The molecule has 0 atom stereocenters. The van der Waals surface area contributed by atoms with Gasteiger partial charge in [0.2, 0.25) is 0 Å². The van der Waals surface area contributed by atoms with Crippen LogP contribution in [0.2, 0.25) is 0 Å². The first kappa shape index (κ1) is 67.0. The first-order valence-electron chi connectivity index (χ1n) is 25.0. The average Bonchev–Trinajstić information content (AvgIpc) is 3.31. The molecule has 73 heavy (non-hydrogen) atoms. The zero-order valence-electron chi connectivity index (χ0n) is 45.7. The summed E-state index contributed by atoms with van der Waals surface area (Å²) in [5, 5.41) is 0. The maximum atomic E-state index is 12.9. The molecular weight excluding hydrogens is 926 g/mol. The lowest BCUT2D eigenvalue weighted by Gasteiger charge is -2.06. The molecule has 0 aliphatic rings. The van der Waals surface area contributed by atoms with E-state index in [0.717, 1.165) is 28.3 Å². The van der Waals surface area contributed by atoms with E-state index in [1.54, 1.807) is 56.3 Å². The highest BCUT2D eigenvalue weighted by molar-refractivity contribution is 5.27. The SMILES string of the molecule is C.CC(C)c1c(F)cccc1F.CC(C)c1cccc(F)c1.CC(C)c1cccc(F)c1.CC(C)c1cccc(F)c1F.CC(C)c1ccccc1.Cc1cc(F)cc(C(C)C)c1.Cc1ccc(C(C)C)cc1. The number of aryl methyl sites for hydroxylation is 2. The zero-order chi connectivity index (χ0) is 54.7. The maximum Gasteiger partial charge on any atom is 0.162 e. The van der Waals surface area contributed by atoms with Crippen LogP contribution in [0.5, 0.6) is 0 Å². The highest BCUT2D eigenvalue weighted by Crippen LogP contribution is 2.22. The van der Waals surface area contributed by atoms with Crippen LogP contribution in [0, 0.1) is 54.6 Å². The van der Waals surface area contributed by atoms with E-state index < -0.39 is 23.3 Å². The van der Waals surface area contributed by atoms with Crippen LogP contribution >= 0.6 is 0 Å². The molecule has 0 aliphatic heterocycles. The molecule has 0 aliphatic carbocycles. The molecule has 7 heteroatoms. The molecule has 0 N–H and O–H groups in total. The Bertz CT molecular complexity index is 2470. The van der Waals surface area contributed by atoms with Crippen molar-refractivity contribution >= 4 is 0 Å². The fourth-order valence-electron chi connectivity index (χ4n) is 6.65. The molecular formula is C66H85F7. The van der Waals surface area contributed by atoms with Gasteiger partial charge >= 0.3 is 0 Å². The van der Waals surface area contributed by atoms with Crippen molar-refractivity contribution in [3.05, 3.63) is 249 Å². The monoisotopic (exact) mass is 1010 g/mol. The Morgan fingerprint density at radius 3 is 0.973 bits per heavy atom. The molecule has 0 aromatic heterocycles. The van der Waals surface area contributed by atoms with Gasteiger partial charge < -0.3 is 0 Å². The van der Waals surface area contributed by atoms with Gasteiger partial charge in [-0.15, -0.1) is 0 Å². The van der Waals surface area contributed by atoms with Crippen molar-refractivity contribution in [2.45, 2.75) is 160 Å². The predicted octanol–water partition coefficient (Wildman–Crippen LogP) is 21.9.